The summed E-state index contributed by atoms with van der Waals surface area (Å²) in [5, 5.41) is 14.3. The number of rotatable bonds is 12. The van der Waals surface area contributed by atoms with Crippen LogP contribution in [-0.2, 0) is 14.8 Å². The third-order valence-electron chi connectivity index (χ3n) is 5.87. The van der Waals surface area contributed by atoms with Gasteiger partial charge >= 0.3 is 0 Å². The van der Waals surface area contributed by atoms with Gasteiger partial charge in [-0.25, -0.2) is 13.8 Å². The molecule has 0 atom stereocenters. The van der Waals surface area contributed by atoms with Gasteiger partial charge in [-0.3, -0.25) is 9.10 Å². The number of phenols is 1. The molecule has 0 saturated carbocycles. The highest BCUT2D eigenvalue weighted by molar-refractivity contribution is 7.92. The maximum atomic E-state index is 13.5. The van der Waals surface area contributed by atoms with Crippen LogP contribution in [0.25, 0.3) is 0 Å². The lowest BCUT2D eigenvalue weighted by Gasteiger charge is -2.24. The molecule has 10 heteroatoms. The molecule has 0 radical (unpaired) electrons. The Bertz CT molecular complexity index is 1350. The molecule has 0 aromatic heterocycles. The molecule has 0 aliphatic rings. The van der Waals surface area contributed by atoms with Crippen LogP contribution in [0.3, 0.4) is 0 Å². The normalized spacial score (nSPS) is 11.4. The van der Waals surface area contributed by atoms with Gasteiger partial charge in [0.15, 0.2) is 0 Å². The zero-order chi connectivity index (χ0) is 27.7. The van der Waals surface area contributed by atoms with Crippen molar-refractivity contribution >= 4 is 33.5 Å². The fourth-order valence-corrected chi connectivity index (χ4v) is 5.22. The minimum absolute atomic E-state index is 0.0201. The van der Waals surface area contributed by atoms with Crippen LogP contribution in [0.4, 0.5) is 11.4 Å². The molecule has 38 heavy (non-hydrogen) atoms. The molecule has 9 nitrogen and oxygen atoms in total. The van der Waals surface area contributed by atoms with E-state index < -0.39 is 22.5 Å². The molecule has 2 N–H and O–H groups in total. The highest BCUT2D eigenvalue weighted by Crippen LogP contribution is 2.26. The summed E-state index contributed by atoms with van der Waals surface area (Å²) in [6.45, 7) is 9.35. The summed E-state index contributed by atoms with van der Waals surface area (Å²) in [6, 6.07) is 18.1. The van der Waals surface area contributed by atoms with Crippen molar-refractivity contribution in [2.45, 2.75) is 32.6 Å². The Balaban J connectivity index is 1.79. The first-order valence-electron chi connectivity index (χ1n) is 12.4. The molecule has 0 unspecified atom stereocenters. The first-order chi connectivity index (χ1) is 18.2. The van der Waals surface area contributed by atoms with Gasteiger partial charge in [0.2, 0.25) is 0 Å². The van der Waals surface area contributed by atoms with Crippen molar-refractivity contribution in [2.75, 3.05) is 35.4 Å². The van der Waals surface area contributed by atoms with Crippen LogP contribution in [-0.4, -0.2) is 51.9 Å². The highest BCUT2D eigenvalue weighted by atomic mass is 32.2. The third-order valence-corrected chi connectivity index (χ3v) is 7.66. The van der Waals surface area contributed by atoms with Crippen LogP contribution in [0.15, 0.2) is 76.7 Å². The van der Waals surface area contributed by atoms with Crippen molar-refractivity contribution in [1.82, 2.24) is 5.43 Å². The predicted octanol–water partition coefficient (Wildman–Crippen LogP) is 4.29. The number of benzene rings is 3. The Labute approximate surface area is 224 Å². The van der Waals surface area contributed by atoms with E-state index >= 15 is 0 Å². The Kier molecular flexibility index (Phi) is 9.72. The molecule has 0 bridgehead atoms. The van der Waals surface area contributed by atoms with Crippen LogP contribution in [0, 0.1) is 6.92 Å². The number of carbonyl (C=O) groups excluding carboxylic acids is 1. The molecular weight excluding hydrogens is 504 g/mol. The Morgan fingerprint density at radius 3 is 2.18 bits per heavy atom. The van der Waals surface area contributed by atoms with Gasteiger partial charge < -0.3 is 14.7 Å². The lowest BCUT2D eigenvalue weighted by atomic mass is 10.2. The van der Waals surface area contributed by atoms with Crippen LogP contribution in [0.1, 0.15) is 31.9 Å². The van der Waals surface area contributed by atoms with Crippen LogP contribution in [0.5, 0.6) is 11.5 Å². The van der Waals surface area contributed by atoms with Crippen molar-refractivity contribution in [1.29, 1.82) is 0 Å². The summed E-state index contributed by atoms with van der Waals surface area (Å²) >= 11 is 0. The lowest BCUT2D eigenvalue weighted by Crippen LogP contribution is -2.39. The quantitative estimate of drug-likeness (QED) is 0.263. The third kappa shape index (κ3) is 7.04. The molecule has 202 valence electrons. The molecule has 0 spiro atoms. The van der Waals surface area contributed by atoms with E-state index in [0.29, 0.717) is 23.6 Å². The second-order valence-electron chi connectivity index (χ2n) is 8.46. The summed E-state index contributed by atoms with van der Waals surface area (Å²) in [7, 11) is -4.08. The van der Waals surface area contributed by atoms with E-state index in [9.17, 15) is 18.3 Å². The smallest absolute Gasteiger partial charge is 0.264 e. The van der Waals surface area contributed by atoms with Crippen LogP contribution in [0.2, 0.25) is 0 Å². The molecule has 0 heterocycles. The maximum absolute atomic E-state index is 13.5. The maximum Gasteiger partial charge on any atom is 0.264 e. The van der Waals surface area contributed by atoms with Gasteiger partial charge in [0.05, 0.1) is 23.4 Å². The van der Waals surface area contributed by atoms with Gasteiger partial charge in [0, 0.05) is 30.4 Å². The van der Waals surface area contributed by atoms with E-state index in [2.05, 4.69) is 15.4 Å². The molecule has 0 saturated heterocycles. The number of phenolic OH excluding ortho intramolecular Hbond substituents is 1. The topological polar surface area (TPSA) is 112 Å². The van der Waals surface area contributed by atoms with Gasteiger partial charge in [-0.2, -0.15) is 5.10 Å². The molecule has 0 aliphatic carbocycles. The first-order valence-corrected chi connectivity index (χ1v) is 13.9. The van der Waals surface area contributed by atoms with Crippen LogP contribution < -0.4 is 19.4 Å². The minimum atomic E-state index is -4.08. The number of carbonyl (C=O) groups is 1. The first kappa shape index (κ1) is 28.5. The van der Waals surface area contributed by atoms with E-state index in [1.165, 1.54) is 18.3 Å². The number of aromatic hydroxyl groups is 1. The van der Waals surface area contributed by atoms with Gasteiger partial charge in [0.1, 0.15) is 18.0 Å². The number of anilines is 2. The zero-order valence-corrected chi connectivity index (χ0v) is 22.9. The minimum Gasteiger partial charge on any atom is -0.507 e. The van der Waals surface area contributed by atoms with Crippen molar-refractivity contribution in [3.8, 4) is 11.5 Å². The molecular formula is C28H34N4O5S. The Hall–Kier alpha value is -4.05. The van der Waals surface area contributed by atoms with Crippen LogP contribution >= 0.6 is 0 Å². The second kappa shape index (κ2) is 13.0. The number of nitrogens with one attached hydrogen (secondary N) is 1. The number of aryl methyl sites for hydroxylation is 1. The lowest BCUT2D eigenvalue weighted by molar-refractivity contribution is -0.119. The number of hydrazone groups is 1. The van der Waals surface area contributed by atoms with Gasteiger partial charge in [0.25, 0.3) is 15.9 Å². The van der Waals surface area contributed by atoms with Gasteiger partial charge in [-0.15, -0.1) is 0 Å². The Morgan fingerprint density at radius 1 is 0.974 bits per heavy atom. The SMILES string of the molecule is CCOc1ccc(S(=O)(=O)N(CC(=O)N/N=C/c2ccc(N(CC)CC)cc2O)c2ccc(C)cc2)cc1. The van der Waals surface area contributed by atoms with Crippen molar-refractivity contribution in [2.24, 2.45) is 5.10 Å². The monoisotopic (exact) mass is 538 g/mol. The summed E-state index contributed by atoms with van der Waals surface area (Å²) in [6.07, 6.45) is 1.32. The molecule has 1 amide bonds. The molecule has 3 aromatic rings. The van der Waals surface area contributed by atoms with E-state index in [1.807, 2.05) is 33.8 Å². The molecule has 3 rings (SSSR count). The fourth-order valence-electron chi connectivity index (χ4n) is 3.79. The average Bonchev–Trinajstić information content (AvgIpc) is 2.90. The van der Waals surface area contributed by atoms with E-state index in [1.54, 1.807) is 48.5 Å². The summed E-state index contributed by atoms with van der Waals surface area (Å²) in [5.74, 6) is -0.0730. The summed E-state index contributed by atoms with van der Waals surface area (Å²) in [4.78, 5) is 14.9. The second-order valence-corrected chi connectivity index (χ2v) is 10.3. The summed E-state index contributed by atoms with van der Waals surface area (Å²) in [5.41, 5.74) is 4.95. The van der Waals surface area contributed by atoms with Crippen molar-refractivity contribution in [3.63, 3.8) is 0 Å². The number of hydrogen-bond donors (Lipinski definition) is 2. The molecule has 0 fully saturated rings. The molecule has 3 aromatic carbocycles. The number of sulfonamides is 1. The fraction of sp³-hybridized carbons (Fsp3) is 0.286. The van der Waals surface area contributed by atoms with E-state index in [0.717, 1.165) is 28.6 Å². The van der Waals surface area contributed by atoms with E-state index in [4.69, 9.17) is 4.74 Å². The number of amides is 1. The molecule has 0 aliphatic heterocycles. The predicted molar refractivity (Wildman–Crippen MR) is 151 cm³/mol. The van der Waals surface area contributed by atoms with Crippen molar-refractivity contribution < 1.29 is 23.1 Å². The number of hydrogen-bond acceptors (Lipinski definition) is 7. The number of ether oxygens (including phenoxy) is 1. The van der Waals surface area contributed by atoms with Gasteiger partial charge in [-0.05, 0) is 76.2 Å². The standard InChI is InChI=1S/C28H34N4O5S/c1-5-31(6-2)24-13-10-22(27(33)18-24)19-29-30-28(34)20-32(23-11-8-21(4)9-12-23)38(35,36)26-16-14-25(15-17-26)37-7-3/h8-19,33H,5-7,20H2,1-4H3,(H,30,34)/b29-19+. The largest absolute Gasteiger partial charge is 0.507 e. The zero-order valence-electron chi connectivity index (χ0n) is 22.1. The van der Waals surface area contributed by atoms with E-state index in [-0.39, 0.29) is 10.6 Å². The van der Waals surface area contributed by atoms with Gasteiger partial charge in [-0.1, -0.05) is 17.7 Å². The van der Waals surface area contributed by atoms with Crippen molar-refractivity contribution in [3.05, 3.63) is 77.9 Å². The average molecular weight is 539 g/mol. The number of nitrogens with zero attached hydrogens (tertiary/aromatic N) is 3. The summed E-state index contributed by atoms with van der Waals surface area (Å²) < 4.78 is 33.5. The highest BCUT2D eigenvalue weighted by Gasteiger charge is 2.27. The Morgan fingerprint density at radius 2 is 1.61 bits per heavy atom.